The SMILES string of the molecule is O=C(NCC(=O)N1CCC2(O)CCCCC2C1c1ccc2c(c1)OCO2)c1ccccc1. The molecule has 2 aliphatic heterocycles. The summed E-state index contributed by atoms with van der Waals surface area (Å²) >= 11 is 0. The molecule has 0 bridgehead atoms. The van der Waals surface area contributed by atoms with Crippen molar-refractivity contribution in [3.05, 3.63) is 59.7 Å². The van der Waals surface area contributed by atoms with Gasteiger partial charge in [-0.1, -0.05) is 37.1 Å². The van der Waals surface area contributed by atoms with Gasteiger partial charge < -0.3 is 24.8 Å². The van der Waals surface area contributed by atoms with E-state index in [-0.39, 0.29) is 37.1 Å². The number of amides is 2. The van der Waals surface area contributed by atoms with E-state index >= 15 is 0 Å². The van der Waals surface area contributed by atoms with Gasteiger partial charge in [0.2, 0.25) is 12.7 Å². The number of fused-ring (bicyclic) bond motifs is 2. The second-order valence-corrected chi connectivity index (χ2v) is 8.90. The molecule has 3 aliphatic rings. The summed E-state index contributed by atoms with van der Waals surface area (Å²) in [6.07, 6.45) is 4.20. The highest BCUT2D eigenvalue weighted by molar-refractivity contribution is 5.96. The van der Waals surface area contributed by atoms with Gasteiger partial charge in [0.15, 0.2) is 11.5 Å². The monoisotopic (exact) mass is 436 g/mol. The van der Waals surface area contributed by atoms with E-state index in [0.29, 0.717) is 30.0 Å². The third-order valence-corrected chi connectivity index (χ3v) is 7.06. The number of nitrogens with zero attached hydrogens (tertiary/aromatic N) is 1. The fraction of sp³-hybridized carbons (Fsp3) is 0.440. The third-order valence-electron chi connectivity index (χ3n) is 7.06. The zero-order valence-electron chi connectivity index (χ0n) is 18.0. The predicted molar refractivity (Wildman–Crippen MR) is 117 cm³/mol. The standard InChI is InChI=1S/C25H28N2O5/c28-22(15-26-24(29)17-6-2-1-3-7-17)27-13-12-25(30)11-5-4-8-19(25)23(27)18-9-10-20-21(14-18)32-16-31-20/h1-3,6-7,9-10,14,19,23,30H,4-5,8,11-13,15-16H2,(H,26,29). The van der Waals surface area contributed by atoms with Crippen molar-refractivity contribution in [3.63, 3.8) is 0 Å². The summed E-state index contributed by atoms with van der Waals surface area (Å²) in [5, 5.41) is 14.2. The minimum absolute atomic E-state index is 0.0563. The van der Waals surface area contributed by atoms with E-state index in [1.165, 1.54) is 0 Å². The van der Waals surface area contributed by atoms with Gasteiger partial charge >= 0.3 is 0 Å². The van der Waals surface area contributed by atoms with Crippen LogP contribution in [-0.2, 0) is 4.79 Å². The lowest BCUT2D eigenvalue weighted by molar-refractivity contribution is -0.154. The van der Waals surface area contributed by atoms with Crippen LogP contribution in [0.3, 0.4) is 0 Å². The largest absolute Gasteiger partial charge is 0.454 e. The van der Waals surface area contributed by atoms with E-state index < -0.39 is 5.60 Å². The number of aliphatic hydroxyl groups is 1. The van der Waals surface area contributed by atoms with E-state index in [0.717, 1.165) is 31.2 Å². The van der Waals surface area contributed by atoms with Gasteiger partial charge in [0.05, 0.1) is 18.2 Å². The molecule has 2 aromatic rings. The Morgan fingerprint density at radius 1 is 1.06 bits per heavy atom. The number of hydrogen-bond donors (Lipinski definition) is 2. The number of hydrogen-bond acceptors (Lipinski definition) is 5. The van der Waals surface area contributed by atoms with Crippen LogP contribution in [0.1, 0.15) is 54.1 Å². The number of piperidine rings is 1. The molecular weight excluding hydrogens is 408 g/mol. The van der Waals surface area contributed by atoms with Gasteiger partial charge in [-0.15, -0.1) is 0 Å². The van der Waals surface area contributed by atoms with Crippen molar-refractivity contribution in [2.24, 2.45) is 5.92 Å². The fourth-order valence-electron chi connectivity index (χ4n) is 5.42. The quantitative estimate of drug-likeness (QED) is 0.769. The maximum Gasteiger partial charge on any atom is 0.251 e. The van der Waals surface area contributed by atoms with E-state index in [9.17, 15) is 14.7 Å². The molecule has 1 aliphatic carbocycles. The average molecular weight is 437 g/mol. The lowest BCUT2D eigenvalue weighted by Crippen LogP contribution is -2.57. The first-order valence-electron chi connectivity index (χ1n) is 11.3. The molecule has 1 saturated heterocycles. The highest BCUT2D eigenvalue weighted by Gasteiger charge is 2.50. The average Bonchev–Trinajstić information content (AvgIpc) is 3.29. The highest BCUT2D eigenvalue weighted by atomic mass is 16.7. The lowest BCUT2D eigenvalue weighted by atomic mass is 9.66. The van der Waals surface area contributed by atoms with Crippen LogP contribution in [0.15, 0.2) is 48.5 Å². The molecule has 3 unspecified atom stereocenters. The molecule has 2 aromatic carbocycles. The second-order valence-electron chi connectivity index (χ2n) is 8.90. The Labute approximate surface area is 187 Å². The molecule has 3 atom stereocenters. The molecule has 5 rings (SSSR count). The summed E-state index contributed by atoms with van der Waals surface area (Å²) in [6.45, 7) is 0.553. The molecule has 0 radical (unpaired) electrons. The number of likely N-dealkylation sites (tertiary alicyclic amines) is 1. The number of ether oxygens (including phenoxy) is 2. The second kappa shape index (κ2) is 8.47. The Balaban J connectivity index is 1.39. The van der Waals surface area contributed by atoms with Crippen LogP contribution >= 0.6 is 0 Å². The van der Waals surface area contributed by atoms with Crippen LogP contribution in [0.5, 0.6) is 11.5 Å². The van der Waals surface area contributed by atoms with E-state index in [4.69, 9.17) is 9.47 Å². The van der Waals surface area contributed by atoms with Crippen molar-refractivity contribution < 1.29 is 24.2 Å². The summed E-state index contributed by atoms with van der Waals surface area (Å²) in [4.78, 5) is 27.6. The zero-order valence-corrected chi connectivity index (χ0v) is 18.0. The number of rotatable bonds is 4. The van der Waals surface area contributed by atoms with Gasteiger partial charge in [-0.25, -0.2) is 0 Å². The molecule has 2 amide bonds. The van der Waals surface area contributed by atoms with Crippen LogP contribution in [-0.4, -0.2) is 47.3 Å². The number of benzene rings is 2. The van der Waals surface area contributed by atoms with Crippen LogP contribution in [0, 0.1) is 5.92 Å². The smallest absolute Gasteiger partial charge is 0.251 e. The molecule has 1 saturated carbocycles. The van der Waals surface area contributed by atoms with Crippen LogP contribution in [0.4, 0.5) is 0 Å². The molecule has 168 valence electrons. The maximum absolute atomic E-state index is 13.3. The van der Waals surface area contributed by atoms with Crippen LogP contribution in [0.25, 0.3) is 0 Å². The molecule has 0 aromatic heterocycles. The van der Waals surface area contributed by atoms with E-state index in [2.05, 4.69) is 5.32 Å². The van der Waals surface area contributed by atoms with Crippen molar-refractivity contribution in [3.8, 4) is 11.5 Å². The van der Waals surface area contributed by atoms with Crippen LogP contribution < -0.4 is 14.8 Å². The first-order chi connectivity index (χ1) is 15.5. The van der Waals surface area contributed by atoms with Gasteiger partial charge in [0.25, 0.3) is 5.91 Å². The highest BCUT2D eigenvalue weighted by Crippen LogP contribution is 2.50. The number of carbonyl (C=O) groups is 2. The van der Waals surface area contributed by atoms with Gasteiger partial charge in [-0.3, -0.25) is 9.59 Å². The Bertz CT molecular complexity index is 1010. The Hall–Kier alpha value is -3.06. The van der Waals surface area contributed by atoms with Crippen molar-refractivity contribution in [1.82, 2.24) is 10.2 Å². The molecule has 2 N–H and O–H groups in total. The van der Waals surface area contributed by atoms with Gasteiger partial charge in [0, 0.05) is 18.0 Å². The van der Waals surface area contributed by atoms with Gasteiger partial charge in [-0.05, 0) is 49.1 Å². The lowest BCUT2D eigenvalue weighted by Gasteiger charge is -2.52. The van der Waals surface area contributed by atoms with Crippen molar-refractivity contribution in [2.75, 3.05) is 19.9 Å². The van der Waals surface area contributed by atoms with E-state index in [1.807, 2.05) is 29.2 Å². The molecule has 2 fully saturated rings. The molecule has 0 spiro atoms. The Morgan fingerprint density at radius 3 is 2.72 bits per heavy atom. The molecule has 2 heterocycles. The molecular formula is C25H28N2O5. The molecule has 7 nitrogen and oxygen atoms in total. The zero-order chi connectivity index (χ0) is 22.1. The van der Waals surface area contributed by atoms with Crippen LogP contribution in [0.2, 0.25) is 0 Å². The predicted octanol–water partition coefficient (Wildman–Crippen LogP) is 3.04. The molecule has 7 heteroatoms. The first kappa shape index (κ1) is 20.8. The number of nitrogens with one attached hydrogen (secondary N) is 1. The maximum atomic E-state index is 13.3. The third kappa shape index (κ3) is 3.81. The van der Waals surface area contributed by atoms with Gasteiger partial charge in [-0.2, -0.15) is 0 Å². The summed E-state index contributed by atoms with van der Waals surface area (Å²) < 4.78 is 11.0. The summed E-state index contributed by atoms with van der Waals surface area (Å²) in [5.74, 6) is 0.877. The topological polar surface area (TPSA) is 88.1 Å². The minimum atomic E-state index is -0.774. The van der Waals surface area contributed by atoms with E-state index in [1.54, 1.807) is 24.3 Å². The fourth-order valence-corrected chi connectivity index (χ4v) is 5.42. The minimum Gasteiger partial charge on any atom is -0.454 e. The summed E-state index contributed by atoms with van der Waals surface area (Å²) in [5.41, 5.74) is 0.679. The number of carbonyl (C=O) groups excluding carboxylic acids is 2. The van der Waals surface area contributed by atoms with Crippen molar-refractivity contribution in [2.45, 2.75) is 43.7 Å². The molecule has 32 heavy (non-hydrogen) atoms. The Morgan fingerprint density at radius 2 is 1.88 bits per heavy atom. The first-order valence-corrected chi connectivity index (χ1v) is 11.3. The van der Waals surface area contributed by atoms with Crippen molar-refractivity contribution >= 4 is 11.8 Å². The normalized spacial score (nSPS) is 26.3. The Kier molecular flexibility index (Phi) is 5.51. The summed E-state index contributed by atoms with van der Waals surface area (Å²) in [6, 6.07) is 14.4. The summed E-state index contributed by atoms with van der Waals surface area (Å²) in [7, 11) is 0. The van der Waals surface area contributed by atoms with Crippen molar-refractivity contribution in [1.29, 1.82) is 0 Å². The van der Waals surface area contributed by atoms with Gasteiger partial charge in [0.1, 0.15) is 0 Å².